The summed E-state index contributed by atoms with van der Waals surface area (Å²) in [6.45, 7) is 2.63. The number of furan rings is 1. The third kappa shape index (κ3) is 4.38. The van der Waals surface area contributed by atoms with Crippen LogP contribution in [0.1, 0.15) is 70.3 Å². The Morgan fingerprint density at radius 3 is 2.67 bits per heavy atom. The number of carboxylic acid groups (broad SMARTS) is 1. The SMILES string of the molecule is CCCCC(=O)Nc1c(C(=O)O)n(Cc2ccc3c(c2)Cc2ccccc2-3)c2cccc(C3=Cc4ccoc4CO3)c12. The van der Waals surface area contributed by atoms with E-state index in [0.717, 1.165) is 41.7 Å². The van der Waals surface area contributed by atoms with Gasteiger partial charge in [-0.05, 0) is 58.9 Å². The molecule has 7 heteroatoms. The van der Waals surface area contributed by atoms with Crippen molar-refractivity contribution in [1.29, 1.82) is 0 Å². The van der Waals surface area contributed by atoms with E-state index in [0.29, 0.717) is 35.3 Å². The number of carboxylic acids is 1. The van der Waals surface area contributed by atoms with E-state index in [9.17, 15) is 14.7 Å². The van der Waals surface area contributed by atoms with Crippen molar-refractivity contribution in [2.24, 2.45) is 0 Å². The number of carbonyl (C=O) groups is 2. The van der Waals surface area contributed by atoms with Crippen LogP contribution in [0.2, 0.25) is 0 Å². The first-order chi connectivity index (χ1) is 20.5. The third-order valence-electron chi connectivity index (χ3n) is 8.20. The first-order valence-corrected chi connectivity index (χ1v) is 14.3. The van der Waals surface area contributed by atoms with Crippen molar-refractivity contribution in [3.05, 3.63) is 112 Å². The Hall–Kier alpha value is -5.04. The van der Waals surface area contributed by atoms with Crippen molar-refractivity contribution in [1.82, 2.24) is 4.57 Å². The van der Waals surface area contributed by atoms with Gasteiger partial charge in [-0.2, -0.15) is 0 Å². The number of aromatic nitrogens is 1. The Bertz CT molecular complexity index is 1910. The Kier molecular flexibility index (Phi) is 6.42. The number of amides is 1. The molecule has 1 aliphatic heterocycles. The highest BCUT2D eigenvalue weighted by Crippen LogP contribution is 2.41. The van der Waals surface area contributed by atoms with Crippen LogP contribution in [0.4, 0.5) is 5.69 Å². The highest BCUT2D eigenvalue weighted by atomic mass is 16.5. The van der Waals surface area contributed by atoms with Gasteiger partial charge in [0.1, 0.15) is 18.1 Å². The fourth-order valence-electron chi connectivity index (χ4n) is 6.21. The molecular formula is C35H30N2O5. The molecule has 3 aromatic carbocycles. The number of nitrogens with one attached hydrogen (secondary N) is 1. The predicted molar refractivity (Wildman–Crippen MR) is 162 cm³/mol. The molecule has 2 aromatic heterocycles. The molecule has 7 nitrogen and oxygen atoms in total. The van der Waals surface area contributed by atoms with Gasteiger partial charge < -0.3 is 24.1 Å². The molecule has 5 aromatic rings. The van der Waals surface area contributed by atoms with Crippen LogP contribution in [0, 0.1) is 0 Å². The Morgan fingerprint density at radius 2 is 1.81 bits per heavy atom. The number of ether oxygens (including phenoxy) is 1. The van der Waals surface area contributed by atoms with Crippen LogP contribution in [0.5, 0.6) is 0 Å². The van der Waals surface area contributed by atoms with Crippen LogP contribution in [-0.2, 0) is 29.1 Å². The van der Waals surface area contributed by atoms with Crippen molar-refractivity contribution >= 4 is 40.3 Å². The van der Waals surface area contributed by atoms with E-state index >= 15 is 0 Å². The molecule has 42 heavy (non-hydrogen) atoms. The van der Waals surface area contributed by atoms with E-state index in [4.69, 9.17) is 9.15 Å². The van der Waals surface area contributed by atoms with Crippen LogP contribution in [-0.4, -0.2) is 21.6 Å². The van der Waals surface area contributed by atoms with Crippen molar-refractivity contribution in [3.63, 3.8) is 0 Å². The number of fused-ring (bicyclic) bond motifs is 5. The summed E-state index contributed by atoms with van der Waals surface area (Å²) in [5, 5.41) is 14.2. The zero-order valence-electron chi connectivity index (χ0n) is 23.3. The van der Waals surface area contributed by atoms with Crippen molar-refractivity contribution < 1.29 is 23.8 Å². The fraction of sp³-hybridized carbons (Fsp3) is 0.200. The molecule has 1 aliphatic carbocycles. The number of anilines is 1. The highest BCUT2D eigenvalue weighted by Gasteiger charge is 2.28. The van der Waals surface area contributed by atoms with Gasteiger partial charge >= 0.3 is 5.97 Å². The second-order valence-corrected chi connectivity index (χ2v) is 10.9. The lowest BCUT2D eigenvalue weighted by Crippen LogP contribution is -2.16. The maximum atomic E-state index is 13.0. The Balaban J connectivity index is 1.37. The number of unbranched alkanes of at least 4 members (excludes halogenated alkanes) is 1. The number of rotatable bonds is 8. The predicted octanol–water partition coefficient (Wildman–Crippen LogP) is 7.71. The summed E-state index contributed by atoms with van der Waals surface area (Å²) in [5.41, 5.74) is 8.68. The molecular weight excluding hydrogens is 528 g/mol. The van der Waals surface area contributed by atoms with E-state index in [-0.39, 0.29) is 18.2 Å². The van der Waals surface area contributed by atoms with Crippen LogP contribution in [0.3, 0.4) is 0 Å². The van der Waals surface area contributed by atoms with Gasteiger partial charge in [-0.1, -0.05) is 67.9 Å². The van der Waals surface area contributed by atoms with Gasteiger partial charge in [0.05, 0.1) is 17.5 Å². The summed E-state index contributed by atoms with van der Waals surface area (Å²) in [5.74, 6) is 0.0239. The van der Waals surface area contributed by atoms with Crippen LogP contribution in [0.25, 0.3) is 33.9 Å². The number of hydrogen-bond donors (Lipinski definition) is 2. The largest absolute Gasteiger partial charge is 0.485 e. The minimum atomic E-state index is -1.10. The van der Waals surface area contributed by atoms with Crippen LogP contribution >= 0.6 is 0 Å². The van der Waals surface area contributed by atoms with Crippen molar-refractivity contribution in [3.8, 4) is 11.1 Å². The molecule has 0 bridgehead atoms. The molecule has 0 unspecified atom stereocenters. The average molecular weight is 559 g/mol. The Morgan fingerprint density at radius 1 is 0.976 bits per heavy atom. The van der Waals surface area contributed by atoms with Gasteiger partial charge in [0.2, 0.25) is 5.91 Å². The molecule has 0 saturated carbocycles. The molecule has 2 N–H and O–H groups in total. The first kappa shape index (κ1) is 25.9. The molecule has 7 rings (SSSR count). The summed E-state index contributed by atoms with van der Waals surface area (Å²) in [4.78, 5) is 26.0. The van der Waals surface area contributed by atoms with Gasteiger partial charge in [-0.15, -0.1) is 0 Å². The number of aromatic carboxylic acids is 1. The summed E-state index contributed by atoms with van der Waals surface area (Å²) in [6.07, 6.45) is 6.27. The molecule has 1 amide bonds. The van der Waals surface area contributed by atoms with Crippen molar-refractivity contribution in [2.75, 3.05) is 5.32 Å². The standard InChI is InChI=1S/C35H30N2O5/c1-2-3-11-31(38)36-33-32-27(29-18-23-14-15-41-30(23)20-42-29)9-6-10-28(32)37(34(33)35(39)40)19-21-12-13-26-24(16-21)17-22-7-4-5-8-25(22)26/h4-10,12-16,18H,2-3,11,17,19-20H2,1H3,(H,36,38)(H,39,40). The number of nitrogens with zero attached hydrogens (tertiary/aromatic N) is 1. The fourth-order valence-corrected chi connectivity index (χ4v) is 6.21. The maximum absolute atomic E-state index is 13.0. The monoisotopic (exact) mass is 558 g/mol. The topological polar surface area (TPSA) is 93.7 Å². The molecule has 3 heterocycles. The molecule has 0 fully saturated rings. The second kappa shape index (κ2) is 10.4. The zero-order valence-corrected chi connectivity index (χ0v) is 23.3. The summed E-state index contributed by atoms with van der Waals surface area (Å²) < 4.78 is 13.4. The lowest BCUT2D eigenvalue weighted by Gasteiger charge is -2.16. The normalized spacial score (nSPS) is 13.2. The number of carbonyl (C=O) groups excluding carboxylic acids is 1. The number of hydrogen-bond acceptors (Lipinski definition) is 4. The smallest absolute Gasteiger partial charge is 0.354 e. The summed E-state index contributed by atoms with van der Waals surface area (Å²) in [7, 11) is 0. The second-order valence-electron chi connectivity index (χ2n) is 10.9. The number of benzene rings is 3. The molecule has 0 saturated heterocycles. The van der Waals surface area contributed by atoms with Gasteiger partial charge in [0.25, 0.3) is 0 Å². The zero-order chi connectivity index (χ0) is 28.8. The van der Waals surface area contributed by atoms with Crippen molar-refractivity contribution in [2.45, 2.75) is 45.8 Å². The third-order valence-corrected chi connectivity index (χ3v) is 8.20. The van der Waals surface area contributed by atoms with Gasteiger partial charge in [-0.25, -0.2) is 4.79 Å². The van der Waals surface area contributed by atoms with E-state index in [1.54, 1.807) is 10.8 Å². The quantitative estimate of drug-likeness (QED) is 0.200. The van der Waals surface area contributed by atoms with E-state index in [1.165, 1.54) is 22.3 Å². The van der Waals surface area contributed by atoms with E-state index < -0.39 is 5.97 Å². The average Bonchev–Trinajstić information content (AvgIpc) is 3.69. The molecule has 2 aliphatic rings. The first-order valence-electron chi connectivity index (χ1n) is 14.3. The Labute approximate surface area is 243 Å². The van der Waals surface area contributed by atoms with E-state index in [1.807, 2.05) is 37.3 Å². The van der Waals surface area contributed by atoms with Gasteiger partial charge in [0, 0.05) is 29.5 Å². The summed E-state index contributed by atoms with van der Waals surface area (Å²) >= 11 is 0. The minimum absolute atomic E-state index is 0.0477. The lowest BCUT2D eigenvalue weighted by molar-refractivity contribution is -0.116. The maximum Gasteiger partial charge on any atom is 0.354 e. The van der Waals surface area contributed by atoms with Crippen LogP contribution < -0.4 is 5.32 Å². The van der Waals surface area contributed by atoms with Crippen LogP contribution in [0.15, 0.2) is 77.4 Å². The lowest BCUT2D eigenvalue weighted by atomic mass is 10.0. The molecule has 0 radical (unpaired) electrons. The molecule has 210 valence electrons. The minimum Gasteiger partial charge on any atom is -0.485 e. The highest BCUT2D eigenvalue weighted by molar-refractivity contribution is 6.14. The summed E-state index contributed by atoms with van der Waals surface area (Å²) in [6, 6.07) is 22.4. The van der Waals surface area contributed by atoms with Gasteiger partial charge in [0.15, 0.2) is 5.69 Å². The van der Waals surface area contributed by atoms with E-state index in [2.05, 4.69) is 47.8 Å². The molecule has 0 atom stereocenters. The molecule has 0 spiro atoms. The van der Waals surface area contributed by atoms with Gasteiger partial charge in [-0.3, -0.25) is 4.79 Å².